The van der Waals surface area contributed by atoms with Crippen LogP contribution >= 0.6 is 11.6 Å². The smallest absolute Gasteiger partial charge is 0.101 e. The Labute approximate surface area is 120 Å². The van der Waals surface area contributed by atoms with E-state index in [1.807, 2.05) is 12.1 Å². The zero-order valence-electron chi connectivity index (χ0n) is 11.5. The number of halogens is 1. The van der Waals surface area contributed by atoms with Gasteiger partial charge in [-0.15, -0.1) is 0 Å². The maximum atomic E-state index is 8.88. The Morgan fingerprint density at radius 3 is 2.89 bits per heavy atom. The monoisotopic (exact) mass is 277 g/mol. The normalized spacial score (nSPS) is 21.1. The zero-order chi connectivity index (χ0) is 13.8. The van der Waals surface area contributed by atoms with Gasteiger partial charge in [0.1, 0.15) is 6.07 Å². The SMILES string of the molecule is CCC(Nc1ccc(C#N)c(Cl)c1)[C@H]1CCN(C)C1. The van der Waals surface area contributed by atoms with E-state index in [2.05, 4.69) is 30.3 Å². The molecule has 1 heterocycles. The van der Waals surface area contributed by atoms with Gasteiger partial charge in [0.05, 0.1) is 10.6 Å². The molecule has 4 heteroatoms. The molecule has 1 aliphatic rings. The first kappa shape index (κ1) is 14.2. The number of rotatable bonds is 4. The fourth-order valence-electron chi connectivity index (χ4n) is 2.76. The third-order valence-corrected chi connectivity index (χ3v) is 4.19. The molecule has 102 valence electrons. The maximum Gasteiger partial charge on any atom is 0.101 e. The van der Waals surface area contributed by atoms with Gasteiger partial charge in [0, 0.05) is 18.3 Å². The van der Waals surface area contributed by atoms with Crippen LogP contribution in [0.15, 0.2) is 18.2 Å². The first-order valence-electron chi connectivity index (χ1n) is 6.78. The Morgan fingerprint density at radius 1 is 1.58 bits per heavy atom. The van der Waals surface area contributed by atoms with Crippen molar-refractivity contribution in [1.29, 1.82) is 5.26 Å². The van der Waals surface area contributed by atoms with E-state index in [1.54, 1.807) is 6.07 Å². The second-order valence-corrected chi connectivity index (χ2v) is 5.68. The van der Waals surface area contributed by atoms with E-state index in [-0.39, 0.29) is 0 Å². The molecule has 2 rings (SSSR count). The van der Waals surface area contributed by atoms with E-state index in [4.69, 9.17) is 16.9 Å². The highest BCUT2D eigenvalue weighted by Gasteiger charge is 2.26. The van der Waals surface area contributed by atoms with E-state index in [0.717, 1.165) is 18.7 Å². The lowest BCUT2D eigenvalue weighted by Gasteiger charge is -2.24. The fourth-order valence-corrected chi connectivity index (χ4v) is 2.98. The number of likely N-dealkylation sites (tertiary alicyclic amines) is 1. The molecule has 1 N–H and O–H groups in total. The summed E-state index contributed by atoms with van der Waals surface area (Å²) >= 11 is 6.07. The molecule has 0 saturated carbocycles. The number of anilines is 1. The predicted molar refractivity (Wildman–Crippen MR) is 79.5 cm³/mol. The summed E-state index contributed by atoms with van der Waals surface area (Å²) in [6.45, 7) is 4.54. The van der Waals surface area contributed by atoms with Crippen molar-refractivity contribution in [2.24, 2.45) is 5.92 Å². The summed E-state index contributed by atoms with van der Waals surface area (Å²) in [6.07, 6.45) is 2.34. The van der Waals surface area contributed by atoms with Crippen molar-refractivity contribution in [2.45, 2.75) is 25.8 Å². The average Bonchev–Trinajstić information content (AvgIpc) is 2.82. The minimum Gasteiger partial charge on any atom is -0.382 e. The Bertz CT molecular complexity index is 481. The van der Waals surface area contributed by atoms with E-state index in [1.165, 1.54) is 13.0 Å². The van der Waals surface area contributed by atoms with Crippen LogP contribution in [-0.2, 0) is 0 Å². The molecule has 0 bridgehead atoms. The second-order valence-electron chi connectivity index (χ2n) is 5.28. The second kappa shape index (κ2) is 6.27. The highest BCUT2D eigenvalue weighted by molar-refractivity contribution is 6.32. The van der Waals surface area contributed by atoms with Crippen molar-refractivity contribution in [3.05, 3.63) is 28.8 Å². The van der Waals surface area contributed by atoms with E-state index < -0.39 is 0 Å². The molecule has 0 aromatic heterocycles. The Hall–Kier alpha value is -1.24. The van der Waals surface area contributed by atoms with Crippen LogP contribution in [0.25, 0.3) is 0 Å². The number of hydrogen-bond acceptors (Lipinski definition) is 3. The molecule has 0 radical (unpaired) electrons. The van der Waals surface area contributed by atoms with Crippen molar-refractivity contribution in [3.63, 3.8) is 0 Å². The molecule has 0 aliphatic carbocycles. The lowest BCUT2D eigenvalue weighted by molar-refractivity contribution is 0.374. The van der Waals surface area contributed by atoms with E-state index >= 15 is 0 Å². The molecule has 1 fully saturated rings. The van der Waals surface area contributed by atoms with Crippen molar-refractivity contribution in [1.82, 2.24) is 4.90 Å². The molecule has 0 spiro atoms. The molecule has 0 amide bonds. The number of hydrogen-bond donors (Lipinski definition) is 1. The number of nitrogens with zero attached hydrogens (tertiary/aromatic N) is 2. The van der Waals surface area contributed by atoms with Gasteiger partial charge in [-0.1, -0.05) is 18.5 Å². The zero-order valence-corrected chi connectivity index (χ0v) is 12.2. The van der Waals surface area contributed by atoms with Crippen molar-refractivity contribution in [2.75, 3.05) is 25.5 Å². The summed E-state index contributed by atoms with van der Waals surface area (Å²) in [7, 11) is 2.17. The van der Waals surface area contributed by atoms with Gasteiger partial charge in [0.25, 0.3) is 0 Å². The quantitative estimate of drug-likeness (QED) is 0.917. The average molecular weight is 278 g/mol. The minimum absolute atomic E-state index is 0.467. The largest absolute Gasteiger partial charge is 0.382 e. The van der Waals surface area contributed by atoms with Gasteiger partial charge in [-0.2, -0.15) is 5.26 Å². The third kappa shape index (κ3) is 3.40. The van der Waals surface area contributed by atoms with E-state index in [9.17, 15) is 0 Å². The summed E-state index contributed by atoms with van der Waals surface area (Å²) in [5, 5.41) is 13.0. The van der Waals surface area contributed by atoms with Crippen LogP contribution in [0.5, 0.6) is 0 Å². The highest BCUT2D eigenvalue weighted by Crippen LogP contribution is 2.26. The predicted octanol–water partition coefficient (Wildman–Crippen LogP) is 3.35. The van der Waals surface area contributed by atoms with Crippen LogP contribution in [-0.4, -0.2) is 31.1 Å². The molecule has 1 aliphatic heterocycles. The summed E-state index contributed by atoms with van der Waals surface area (Å²) in [6, 6.07) is 8.11. The van der Waals surface area contributed by atoms with Gasteiger partial charge in [-0.25, -0.2) is 0 Å². The fraction of sp³-hybridized carbons (Fsp3) is 0.533. The van der Waals surface area contributed by atoms with Crippen molar-refractivity contribution < 1.29 is 0 Å². The Kier molecular flexibility index (Phi) is 4.68. The standard InChI is InChI=1S/C15H20ClN3/c1-3-15(12-6-7-19(2)10-12)18-13-5-4-11(9-17)14(16)8-13/h4-5,8,12,15,18H,3,6-7,10H2,1-2H3/t12-,15?/m0/s1. The van der Waals surface area contributed by atoms with Crippen LogP contribution in [0.2, 0.25) is 5.02 Å². The van der Waals surface area contributed by atoms with Gasteiger partial charge in [0.15, 0.2) is 0 Å². The number of nitriles is 1. The van der Waals surface area contributed by atoms with Gasteiger partial charge < -0.3 is 10.2 Å². The maximum absolute atomic E-state index is 8.88. The van der Waals surface area contributed by atoms with Crippen LogP contribution in [0, 0.1) is 17.2 Å². The first-order valence-corrected chi connectivity index (χ1v) is 7.16. The van der Waals surface area contributed by atoms with Crippen LogP contribution in [0.4, 0.5) is 5.69 Å². The summed E-state index contributed by atoms with van der Waals surface area (Å²) in [4.78, 5) is 2.38. The lowest BCUT2D eigenvalue weighted by atomic mass is 9.96. The number of nitrogens with one attached hydrogen (secondary N) is 1. The molecule has 3 nitrogen and oxygen atoms in total. The summed E-state index contributed by atoms with van der Waals surface area (Å²) in [5.74, 6) is 0.685. The molecule has 1 aromatic carbocycles. The molecular formula is C15H20ClN3. The molecule has 2 atom stereocenters. The van der Waals surface area contributed by atoms with E-state index in [0.29, 0.717) is 22.5 Å². The molecular weight excluding hydrogens is 258 g/mol. The van der Waals surface area contributed by atoms with Gasteiger partial charge in [0.2, 0.25) is 0 Å². The van der Waals surface area contributed by atoms with Crippen LogP contribution in [0.1, 0.15) is 25.3 Å². The number of benzene rings is 1. The van der Waals surface area contributed by atoms with Crippen LogP contribution < -0.4 is 5.32 Å². The van der Waals surface area contributed by atoms with Gasteiger partial charge in [-0.05, 0) is 50.6 Å². The Morgan fingerprint density at radius 2 is 2.37 bits per heavy atom. The third-order valence-electron chi connectivity index (χ3n) is 3.88. The highest BCUT2D eigenvalue weighted by atomic mass is 35.5. The molecule has 1 saturated heterocycles. The minimum atomic E-state index is 0.467. The Balaban J connectivity index is 2.06. The van der Waals surface area contributed by atoms with Gasteiger partial charge >= 0.3 is 0 Å². The summed E-state index contributed by atoms with van der Waals surface area (Å²) in [5.41, 5.74) is 1.53. The van der Waals surface area contributed by atoms with Crippen molar-refractivity contribution in [3.8, 4) is 6.07 Å². The molecule has 1 aromatic rings. The van der Waals surface area contributed by atoms with Crippen LogP contribution in [0.3, 0.4) is 0 Å². The lowest BCUT2D eigenvalue weighted by Crippen LogP contribution is -2.30. The topological polar surface area (TPSA) is 39.1 Å². The molecule has 1 unspecified atom stereocenters. The first-order chi connectivity index (χ1) is 9.13. The summed E-state index contributed by atoms with van der Waals surface area (Å²) < 4.78 is 0. The van der Waals surface area contributed by atoms with Gasteiger partial charge in [-0.3, -0.25) is 0 Å². The van der Waals surface area contributed by atoms with Crippen molar-refractivity contribution >= 4 is 17.3 Å². The molecule has 19 heavy (non-hydrogen) atoms.